The maximum absolute atomic E-state index is 13.1. The van der Waals surface area contributed by atoms with E-state index in [0.29, 0.717) is 30.8 Å². The van der Waals surface area contributed by atoms with Crippen LogP contribution in [0, 0.1) is 0 Å². The van der Waals surface area contributed by atoms with Crippen LogP contribution in [0.5, 0.6) is 5.75 Å². The van der Waals surface area contributed by atoms with Crippen LogP contribution in [-0.2, 0) is 22.6 Å². The van der Waals surface area contributed by atoms with E-state index in [-0.39, 0.29) is 24.1 Å². The summed E-state index contributed by atoms with van der Waals surface area (Å²) >= 11 is 0. The third kappa shape index (κ3) is 3.39. The topological polar surface area (TPSA) is 104 Å². The molecule has 0 bridgehead atoms. The predicted molar refractivity (Wildman–Crippen MR) is 115 cm³/mol. The number of aromatic amines is 1. The van der Waals surface area contributed by atoms with Crippen molar-refractivity contribution in [1.82, 2.24) is 15.2 Å². The van der Waals surface area contributed by atoms with E-state index in [9.17, 15) is 14.4 Å². The van der Waals surface area contributed by atoms with Gasteiger partial charge in [0.15, 0.2) is 0 Å². The summed E-state index contributed by atoms with van der Waals surface area (Å²) in [7, 11) is 1.63. The molecule has 2 aromatic carbocycles. The van der Waals surface area contributed by atoms with Crippen molar-refractivity contribution >= 4 is 34.3 Å². The summed E-state index contributed by atoms with van der Waals surface area (Å²) < 4.78 is 5.34. The van der Waals surface area contributed by atoms with Crippen molar-refractivity contribution in [3.8, 4) is 5.75 Å². The average molecular weight is 418 g/mol. The molecule has 2 aliphatic rings. The van der Waals surface area contributed by atoms with E-state index in [2.05, 4.69) is 15.6 Å². The van der Waals surface area contributed by atoms with E-state index < -0.39 is 6.04 Å². The van der Waals surface area contributed by atoms with Gasteiger partial charge < -0.3 is 25.3 Å². The zero-order valence-corrected chi connectivity index (χ0v) is 17.0. The van der Waals surface area contributed by atoms with Crippen LogP contribution in [0.2, 0.25) is 0 Å². The fourth-order valence-corrected chi connectivity index (χ4v) is 4.29. The minimum Gasteiger partial charge on any atom is -0.497 e. The van der Waals surface area contributed by atoms with Gasteiger partial charge >= 0.3 is 0 Å². The standard InChI is InChI=1S/C23H22N4O4/c1-31-13-6-7-18-15(10-13)16-12-27(9-8-19(16)24-18)21(28)11-20-23(30)25-17-5-3-2-4-14(17)22(29)26-20/h2-7,10,20,24H,8-9,11-12H2,1H3,(H,25,30)(H,26,29). The first kappa shape index (κ1) is 19.2. The van der Waals surface area contributed by atoms with Crippen LogP contribution in [0.1, 0.15) is 28.0 Å². The van der Waals surface area contributed by atoms with Crippen LogP contribution >= 0.6 is 0 Å². The molecule has 1 atom stereocenters. The summed E-state index contributed by atoms with van der Waals surface area (Å²) in [5.41, 5.74) is 4.03. The zero-order valence-electron chi connectivity index (χ0n) is 17.0. The molecule has 0 saturated heterocycles. The Morgan fingerprint density at radius 3 is 2.87 bits per heavy atom. The Kier molecular flexibility index (Phi) is 4.62. The highest BCUT2D eigenvalue weighted by molar-refractivity contribution is 6.10. The van der Waals surface area contributed by atoms with Gasteiger partial charge in [0.25, 0.3) is 5.91 Å². The molecule has 3 heterocycles. The second kappa shape index (κ2) is 7.46. The first-order valence-electron chi connectivity index (χ1n) is 10.2. The Bertz CT molecular complexity index is 1220. The SMILES string of the molecule is COc1ccc2[nH]c3c(c2c1)CN(C(=O)CC1NC(=O)c2ccccc2NC1=O)CC3. The Balaban J connectivity index is 1.34. The number of para-hydroxylation sites is 1. The van der Waals surface area contributed by atoms with Gasteiger partial charge in [-0.2, -0.15) is 0 Å². The minimum atomic E-state index is -0.920. The van der Waals surface area contributed by atoms with Gasteiger partial charge in [-0.25, -0.2) is 0 Å². The number of aromatic nitrogens is 1. The molecule has 31 heavy (non-hydrogen) atoms. The van der Waals surface area contributed by atoms with Crippen molar-refractivity contribution in [3.05, 3.63) is 59.3 Å². The molecule has 8 heteroatoms. The van der Waals surface area contributed by atoms with Gasteiger partial charge in [0, 0.05) is 41.7 Å². The molecule has 158 valence electrons. The van der Waals surface area contributed by atoms with E-state index in [1.807, 2.05) is 18.2 Å². The smallest absolute Gasteiger partial charge is 0.254 e. The maximum atomic E-state index is 13.1. The lowest BCUT2D eigenvalue weighted by Crippen LogP contribution is -2.46. The Labute approximate surface area is 178 Å². The number of hydrogen-bond acceptors (Lipinski definition) is 4. The summed E-state index contributed by atoms with van der Waals surface area (Å²) in [6.45, 7) is 1.00. The molecule has 0 fully saturated rings. The van der Waals surface area contributed by atoms with Crippen LogP contribution in [-0.4, -0.2) is 47.3 Å². The number of hydrogen-bond donors (Lipinski definition) is 3. The molecule has 0 aliphatic carbocycles. The van der Waals surface area contributed by atoms with E-state index in [4.69, 9.17) is 4.74 Å². The molecule has 0 saturated carbocycles. The molecule has 0 spiro atoms. The number of H-pyrrole nitrogens is 1. The van der Waals surface area contributed by atoms with E-state index >= 15 is 0 Å². The first-order valence-corrected chi connectivity index (χ1v) is 10.2. The summed E-state index contributed by atoms with van der Waals surface area (Å²) in [6.07, 6.45) is 0.610. The summed E-state index contributed by atoms with van der Waals surface area (Å²) in [5, 5.41) is 6.47. The Hall–Kier alpha value is -3.81. The van der Waals surface area contributed by atoms with Gasteiger partial charge in [-0.1, -0.05) is 12.1 Å². The van der Waals surface area contributed by atoms with Crippen molar-refractivity contribution in [2.24, 2.45) is 0 Å². The molecule has 3 amide bonds. The normalized spacial score (nSPS) is 18.0. The van der Waals surface area contributed by atoms with Gasteiger partial charge in [-0.05, 0) is 30.3 Å². The molecule has 1 unspecified atom stereocenters. The van der Waals surface area contributed by atoms with Gasteiger partial charge in [0.05, 0.1) is 24.8 Å². The molecule has 2 aliphatic heterocycles. The van der Waals surface area contributed by atoms with Crippen molar-refractivity contribution < 1.29 is 19.1 Å². The highest BCUT2D eigenvalue weighted by Gasteiger charge is 2.32. The van der Waals surface area contributed by atoms with Crippen molar-refractivity contribution in [3.63, 3.8) is 0 Å². The van der Waals surface area contributed by atoms with Gasteiger partial charge in [0.1, 0.15) is 11.8 Å². The number of nitrogens with one attached hydrogen (secondary N) is 3. The number of rotatable bonds is 3. The lowest BCUT2D eigenvalue weighted by molar-refractivity contribution is -0.134. The predicted octanol–water partition coefficient (Wildman–Crippen LogP) is 2.20. The van der Waals surface area contributed by atoms with Crippen LogP contribution in [0.25, 0.3) is 10.9 Å². The number of carbonyl (C=O) groups excluding carboxylic acids is 3. The maximum Gasteiger partial charge on any atom is 0.254 e. The number of ether oxygens (including phenoxy) is 1. The summed E-state index contributed by atoms with van der Waals surface area (Å²) in [4.78, 5) is 43.4. The fourth-order valence-electron chi connectivity index (χ4n) is 4.29. The number of benzene rings is 2. The van der Waals surface area contributed by atoms with Gasteiger partial charge in [-0.3, -0.25) is 14.4 Å². The van der Waals surface area contributed by atoms with Gasteiger partial charge in [0.2, 0.25) is 11.8 Å². The minimum absolute atomic E-state index is 0.0907. The molecule has 0 radical (unpaired) electrons. The molecule has 3 N–H and O–H groups in total. The third-order valence-electron chi connectivity index (χ3n) is 5.97. The van der Waals surface area contributed by atoms with E-state index in [1.165, 1.54) is 0 Å². The number of nitrogens with zero attached hydrogens (tertiary/aromatic N) is 1. The first-order chi connectivity index (χ1) is 15.0. The monoisotopic (exact) mass is 418 g/mol. The average Bonchev–Trinajstić information content (AvgIpc) is 3.10. The molecular weight excluding hydrogens is 396 g/mol. The van der Waals surface area contributed by atoms with Crippen molar-refractivity contribution in [1.29, 1.82) is 0 Å². The largest absolute Gasteiger partial charge is 0.497 e. The van der Waals surface area contributed by atoms with Crippen LogP contribution in [0.4, 0.5) is 5.69 Å². The number of methoxy groups -OCH3 is 1. The highest BCUT2D eigenvalue weighted by atomic mass is 16.5. The number of carbonyl (C=O) groups is 3. The third-order valence-corrected chi connectivity index (χ3v) is 5.97. The van der Waals surface area contributed by atoms with E-state index in [0.717, 1.165) is 27.9 Å². The summed E-state index contributed by atoms with van der Waals surface area (Å²) in [6, 6.07) is 11.7. The quantitative estimate of drug-likeness (QED) is 0.607. The second-order valence-corrected chi connectivity index (χ2v) is 7.82. The fraction of sp³-hybridized carbons (Fsp3) is 0.261. The van der Waals surface area contributed by atoms with Gasteiger partial charge in [-0.15, -0.1) is 0 Å². The Morgan fingerprint density at radius 1 is 1.19 bits per heavy atom. The number of amides is 3. The second-order valence-electron chi connectivity index (χ2n) is 7.82. The molecule has 8 nitrogen and oxygen atoms in total. The number of anilines is 1. The number of fused-ring (bicyclic) bond motifs is 4. The van der Waals surface area contributed by atoms with Crippen LogP contribution < -0.4 is 15.4 Å². The lowest BCUT2D eigenvalue weighted by Gasteiger charge is -2.28. The summed E-state index contributed by atoms with van der Waals surface area (Å²) in [5.74, 6) is -0.165. The molecule has 5 rings (SSSR count). The van der Waals surface area contributed by atoms with Crippen LogP contribution in [0.15, 0.2) is 42.5 Å². The highest BCUT2D eigenvalue weighted by Crippen LogP contribution is 2.31. The van der Waals surface area contributed by atoms with Crippen molar-refractivity contribution in [2.75, 3.05) is 19.0 Å². The Morgan fingerprint density at radius 2 is 2.03 bits per heavy atom. The van der Waals surface area contributed by atoms with Crippen molar-refractivity contribution in [2.45, 2.75) is 25.4 Å². The van der Waals surface area contributed by atoms with E-state index in [1.54, 1.807) is 36.3 Å². The van der Waals surface area contributed by atoms with Crippen LogP contribution in [0.3, 0.4) is 0 Å². The zero-order chi connectivity index (χ0) is 21.5. The molecular formula is C23H22N4O4. The molecule has 3 aromatic rings. The lowest BCUT2D eigenvalue weighted by atomic mass is 10.0. The molecule has 1 aromatic heterocycles.